The summed E-state index contributed by atoms with van der Waals surface area (Å²) in [5.41, 5.74) is 26.6. The summed E-state index contributed by atoms with van der Waals surface area (Å²) in [7, 11) is 0. The number of anilines is 11. The third-order valence-electron chi connectivity index (χ3n) is 16.4. The first-order chi connectivity index (χ1) is 47.4. The van der Waals surface area contributed by atoms with Crippen molar-refractivity contribution in [1.29, 1.82) is 0 Å². The molecule has 15 rings (SSSR count). The van der Waals surface area contributed by atoms with E-state index in [1.165, 1.54) is 66.8 Å². The van der Waals surface area contributed by atoms with Crippen LogP contribution in [-0.4, -0.2) is 0 Å². The fourth-order valence-corrected chi connectivity index (χ4v) is 11.6. The van der Waals surface area contributed by atoms with Gasteiger partial charge in [0.05, 0.1) is 0 Å². The van der Waals surface area contributed by atoms with Crippen LogP contribution >= 0.6 is 15.9 Å². The van der Waals surface area contributed by atoms with Crippen molar-refractivity contribution in [3.8, 4) is 66.8 Å². The molecule has 0 saturated carbocycles. The van der Waals surface area contributed by atoms with E-state index in [0.717, 1.165) is 67.0 Å². The summed E-state index contributed by atoms with van der Waals surface area (Å²) in [5, 5.41) is 13.9. The number of hydrogen-bond acceptors (Lipinski definition) is 5. The minimum absolute atomic E-state index is 1.07. The quantitative estimate of drug-likeness (QED) is 0.0732. The first-order valence-corrected chi connectivity index (χ1v) is 33.0. The SMILES string of the molecule is Brc1ccc(N(c2ccccc2)c2ccccc2)cc1.c1ccc(Nc2ccc(-c3ccc(-c4ccc(Nc5ccc(-c6ccccc6)cc5)cc4)cc3)cc2)cc1.c1ccc(Nc2ccc(-c3ccc(Nc4ccc(-c5ccc(-c6ccccc6)cc5)cc4)cc3)cc2)cc1. The molecule has 0 atom stereocenters. The summed E-state index contributed by atoms with van der Waals surface area (Å²) >= 11 is 3.49. The number of para-hydroxylation sites is 4. The Morgan fingerprint density at radius 3 is 0.521 bits per heavy atom. The van der Waals surface area contributed by atoms with Crippen LogP contribution in [0.3, 0.4) is 0 Å². The smallest absolute Gasteiger partial charge is 0.0462 e. The van der Waals surface area contributed by atoms with Crippen LogP contribution in [0, 0.1) is 0 Å². The van der Waals surface area contributed by atoms with Crippen LogP contribution < -0.4 is 26.2 Å². The number of halogens is 1. The van der Waals surface area contributed by atoms with Crippen molar-refractivity contribution in [2.45, 2.75) is 0 Å². The van der Waals surface area contributed by atoms with E-state index in [1.54, 1.807) is 0 Å². The van der Waals surface area contributed by atoms with Crippen molar-refractivity contribution < 1.29 is 0 Å². The molecule has 0 amide bonds. The molecule has 0 aliphatic rings. The summed E-state index contributed by atoms with van der Waals surface area (Å²) in [6, 6.07) is 139. The number of hydrogen-bond donors (Lipinski definition) is 4. The minimum Gasteiger partial charge on any atom is -0.356 e. The van der Waals surface area contributed by atoms with Gasteiger partial charge in [-0.3, -0.25) is 0 Å². The van der Waals surface area contributed by atoms with E-state index in [0.29, 0.717) is 0 Å². The number of nitrogens with zero attached hydrogens (tertiary/aromatic N) is 1. The Kier molecular flexibility index (Phi) is 20.5. The molecule has 0 aliphatic heterocycles. The molecule has 0 saturated heterocycles. The highest BCUT2D eigenvalue weighted by atomic mass is 79.9. The zero-order valence-corrected chi connectivity index (χ0v) is 54.5. The maximum atomic E-state index is 3.52. The highest BCUT2D eigenvalue weighted by Gasteiger charge is 2.12. The predicted octanol–water partition coefficient (Wildman–Crippen LogP) is 26.3. The van der Waals surface area contributed by atoms with Gasteiger partial charge in [0, 0.05) is 67.0 Å². The Hall–Kier alpha value is -12.2. The molecule has 0 heterocycles. The van der Waals surface area contributed by atoms with E-state index in [2.05, 4.69) is 382 Å². The predicted molar refractivity (Wildman–Crippen MR) is 413 cm³/mol. The molecule has 6 heteroatoms. The second-order valence-electron chi connectivity index (χ2n) is 23.1. The highest BCUT2D eigenvalue weighted by Crippen LogP contribution is 2.36. The molecule has 15 aromatic carbocycles. The van der Waals surface area contributed by atoms with Gasteiger partial charge in [0.2, 0.25) is 0 Å². The summed E-state index contributed by atoms with van der Waals surface area (Å²) in [5.74, 6) is 0. The molecule has 0 fully saturated rings. The van der Waals surface area contributed by atoms with Crippen molar-refractivity contribution in [3.05, 3.63) is 405 Å². The lowest BCUT2D eigenvalue weighted by molar-refractivity contribution is 1.28. The van der Waals surface area contributed by atoms with E-state index < -0.39 is 0 Å². The first kappa shape index (κ1) is 62.6. The maximum Gasteiger partial charge on any atom is 0.0462 e. The maximum absolute atomic E-state index is 3.52. The lowest BCUT2D eigenvalue weighted by atomic mass is 10.00. The molecule has 5 nitrogen and oxygen atoms in total. The van der Waals surface area contributed by atoms with Crippen LogP contribution in [-0.2, 0) is 0 Å². The van der Waals surface area contributed by atoms with Gasteiger partial charge < -0.3 is 26.2 Å². The third-order valence-corrected chi connectivity index (χ3v) is 17.0. The molecule has 462 valence electrons. The molecule has 15 aromatic rings. The Labute approximate surface area is 572 Å². The Morgan fingerprint density at radius 2 is 0.302 bits per heavy atom. The van der Waals surface area contributed by atoms with Crippen molar-refractivity contribution in [2.75, 3.05) is 26.2 Å². The number of nitrogens with one attached hydrogen (secondary N) is 4. The molecule has 0 aliphatic carbocycles. The van der Waals surface area contributed by atoms with Crippen LogP contribution in [0.5, 0.6) is 0 Å². The second-order valence-corrected chi connectivity index (χ2v) is 24.0. The minimum atomic E-state index is 1.07. The van der Waals surface area contributed by atoms with E-state index in [9.17, 15) is 0 Å². The lowest BCUT2D eigenvalue weighted by Gasteiger charge is -2.25. The van der Waals surface area contributed by atoms with Crippen LogP contribution in [0.4, 0.5) is 62.6 Å². The van der Waals surface area contributed by atoms with Gasteiger partial charge in [0.25, 0.3) is 0 Å². The van der Waals surface area contributed by atoms with Gasteiger partial charge in [-0.15, -0.1) is 0 Å². The van der Waals surface area contributed by atoms with Crippen LogP contribution in [0.25, 0.3) is 66.8 Å². The third kappa shape index (κ3) is 16.9. The highest BCUT2D eigenvalue weighted by molar-refractivity contribution is 9.10. The Balaban J connectivity index is 0.000000137. The van der Waals surface area contributed by atoms with Crippen LogP contribution in [0.1, 0.15) is 0 Å². The van der Waals surface area contributed by atoms with Gasteiger partial charge in [0.15, 0.2) is 0 Å². The van der Waals surface area contributed by atoms with Crippen LogP contribution in [0.15, 0.2) is 405 Å². The summed E-state index contributed by atoms with van der Waals surface area (Å²) < 4.78 is 1.09. The fraction of sp³-hybridized carbons (Fsp3) is 0. The largest absolute Gasteiger partial charge is 0.356 e. The molecule has 0 aromatic heterocycles. The van der Waals surface area contributed by atoms with E-state index in [-0.39, 0.29) is 0 Å². The van der Waals surface area contributed by atoms with Crippen molar-refractivity contribution in [3.63, 3.8) is 0 Å². The van der Waals surface area contributed by atoms with E-state index in [4.69, 9.17) is 0 Å². The monoisotopic (exact) mass is 1300 g/mol. The van der Waals surface area contributed by atoms with Crippen molar-refractivity contribution >= 4 is 78.5 Å². The van der Waals surface area contributed by atoms with Crippen molar-refractivity contribution in [2.24, 2.45) is 0 Å². The van der Waals surface area contributed by atoms with E-state index >= 15 is 0 Å². The molecular weight excluding hydrogens is 1230 g/mol. The van der Waals surface area contributed by atoms with Gasteiger partial charge in [-0.05, 0) is 212 Å². The number of benzene rings is 15. The van der Waals surface area contributed by atoms with Gasteiger partial charge >= 0.3 is 0 Å². The lowest BCUT2D eigenvalue weighted by Crippen LogP contribution is -2.09. The topological polar surface area (TPSA) is 51.4 Å². The Bertz CT molecular complexity index is 4760. The zero-order chi connectivity index (χ0) is 64.9. The number of rotatable bonds is 17. The average molecular weight is 1300 g/mol. The molecule has 0 radical (unpaired) electrons. The summed E-state index contributed by atoms with van der Waals surface area (Å²) in [4.78, 5) is 2.24. The molecule has 0 unspecified atom stereocenters. The normalized spacial score (nSPS) is 10.6. The van der Waals surface area contributed by atoms with Crippen molar-refractivity contribution in [1.82, 2.24) is 0 Å². The van der Waals surface area contributed by atoms with Crippen LogP contribution in [0.2, 0.25) is 0 Å². The van der Waals surface area contributed by atoms with Gasteiger partial charge in [-0.25, -0.2) is 0 Å². The molecule has 0 bridgehead atoms. The zero-order valence-electron chi connectivity index (χ0n) is 52.9. The molecule has 0 spiro atoms. The molecule has 96 heavy (non-hydrogen) atoms. The second kappa shape index (κ2) is 31.4. The first-order valence-electron chi connectivity index (χ1n) is 32.2. The molecule has 4 N–H and O–H groups in total. The van der Waals surface area contributed by atoms with Gasteiger partial charge in [-0.2, -0.15) is 0 Å². The average Bonchev–Trinajstić information content (AvgIpc) is 0.963. The summed E-state index contributed by atoms with van der Waals surface area (Å²) in [6.45, 7) is 0. The fourth-order valence-electron chi connectivity index (χ4n) is 11.3. The van der Waals surface area contributed by atoms with Gasteiger partial charge in [0.1, 0.15) is 0 Å². The van der Waals surface area contributed by atoms with E-state index in [1.807, 2.05) is 60.7 Å². The standard InChI is InChI=1S/2C36H28N2.C18H14BrN/c1-3-7-27(8-4-1)28-11-13-29(14-12-28)30-15-23-35(24-16-30)38-36-25-19-32(20-26-36)31-17-21-34(22-18-31)37-33-9-5-2-6-10-33;1-3-7-27(8-4-1)30-15-21-35(22-16-30)38-36-25-19-32(20-26-36)29-13-11-28(12-14-29)31-17-23-34(24-18-31)37-33-9-5-2-6-10-33;19-15-11-13-18(14-12-15)20(16-7-3-1-4-8-16)17-9-5-2-6-10-17/h2*1-26,37-38H;1-14H. The van der Waals surface area contributed by atoms with Gasteiger partial charge in [-0.1, -0.05) is 271 Å². The molecular formula is C90H70BrN5. The summed E-state index contributed by atoms with van der Waals surface area (Å²) in [6.07, 6.45) is 0. The Morgan fingerprint density at radius 1 is 0.146 bits per heavy atom.